The van der Waals surface area contributed by atoms with Crippen molar-refractivity contribution in [3.05, 3.63) is 93.2 Å². The zero-order valence-electron chi connectivity index (χ0n) is 28.3. The van der Waals surface area contributed by atoms with Gasteiger partial charge in [-0.1, -0.05) is 47.5 Å². The second-order valence-electron chi connectivity index (χ2n) is 12.1. The fourth-order valence-corrected chi connectivity index (χ4v) is 7.03. The second-order valence-corrected chi connectivity index (χ2v) is 15.1. The van der Waals surface area contributed by atoms with Crippen LogP contribution in [0.4, 0.5) is 9.18 Å². The Labute approximate surface area is 308 Å². The average molecular weight is 770 g/mol. The molecule has 270 valence electrons. The largest absolute Gasteiger partial charge is 0.493 e. The third-order valence-electron chi connectivity index (χ3n) is 8.53. The molecule has 0 aliphatic carbocycles. The van der Waals surface area contributed by atoms with E-state index in [9.17, 15) is 18.0 Å². The highest BCUT2D eigenvalue weighted by Gasteiger charge is 2.45. The predicted octanol–water partition coefficient (Wildman–Crippen LogP) is 5.57. The van der Waals surface area contributed by atoms with E-state index < -0.39 is 38.9 Å². The van der Waals surface area contributed by atoms with Gasteiger partial charge in [0.15, 0.2) is 0 Å². The fraction of sp³-hybridized carbons (Fsp3) is 0.382. The zero-order valence-corrected chi connectivity index (χ0v) is 31.5. The number of aliphatic imine (C=N–C) groups is 1. The van der Waals surface area contributed by atoms with Gasteiger partial charge in [-0.05, 0) is 48.4 Å². The molecule has 0 saturated carbocycles. The van der Waals surface area contributed by atoms with E-state index in [2.05, 4.69) is 0 Å². The topological polar surface area (TPSA) is 106 Å². The summed E-state index contributed by atoms with van der Waals surface area (Å²) in [7, 11) is 1.78. The molecule has 2 aliphatic heterocycles. The number of halogens is 4. The molecule has 2 aliphatic rings. The molecule has 1 saturated heterocycles. The van der Waals surface area contributed by atoms with E-state index in [1.807, 2.05) is 29.2 Å². The van der Waals surface area contributed by atoms with Crippen LogP contribution in [0.5, 0.6) is 5.75 Å². The van der Waals surface area contributed by atoms with Crippen LogP contribution >= 0.6 is 35.6 Å². The summed E-state index contributed by atoms with van der Waals surface area (Å²) in [5, 5.41) is 1.02. The molecule has 2 atom stereocenters. The van der Waals surface area contributed by atoms with Gasteiger partial charge in [0.2, 0.25) is 15.9 Å². The van der Waals surface area contributed by atoms with Crippen LogP contribution in [0.2, 0.25) is 10.0 Å². The number of ether oxygens (including phenoxy) is 1. The standard InChI is InChI=1S/C34H39Cl2FN6O5S.ClH/c1-6-48-28-20-27(37)29(49(46,47)40(4)5)19-26(28)33-38-31(22-7-11-24(35)12-8-22)32(23-9-13-25(36)14-10-23)43(33)34(45)42-17-15-41(16-18-42)21-30(44)39(2)3;/h7-14,19-20,31-32H,6,15-18,21H2,1-5H3;1H/t31-,32+;/m0./s1. The Balaban J connectivity index is 0.00000562. The first-order valence-electron chi connectivity index (χ1n) is 15.7. The Morgan fingerprint density at radius 2 is 1.48 bits per heavy atom. The average Bonchev–Trinajstić information content (AvgIpc) is 3.45. The molecule has 2 heterocycles. The van der Waals surface area contributed by atoms with E-state index in [-0.39, 0.29) is 48.6 Å². The highest BCUT2D eigenvalue weighted by Crippen LogP contribution is 2.46. The summed E-state index contributed by atoms with van der Waals surface area (Å²) in [6, 6.07) is 14.6. The third-order valence-corrected chi connectivity index (χ3v) is 10.9. The molecule has 5 rings (SSSR count). The molecule has 3 aromatic carbocycles. The van der Waals surface area contributed by atoms with Crippen molar-refractivity contribution in [2.24, 2.45) is 4.99 Å². The molecule has 3 amide bonds. The smallest absolute Gasteiger partial charge is 0.326 e. The van der Waals surface area contributed by atoms with Gasteiger partial charge in [0, 0.05) is 70.5 Å². The molecule has 0 spiro atoms. The molecular formula is C34H40Cl3FN6O5S. The Morgan fingerprint density at radius 1 is 0.920 bits per heavy atom. The predicted molar refractivity (Wildman–Crippen MR) is 195 cm³/mol. The van der Waals surface area contributed by atoms with Crippen molar-refractivity contribution < 1.29 is 27.1 Å². The first-order chi connectivity index (χ1) is 23.2. The monoisotopic (exact) mass is 768 g/mol. The van der Waals surface area contributed by atoms with E-state index >= 15 is 4.39 Å². The summed E-state index contributed by atoms with van der Waals surface area (Å²) in [5.74, 6) is -0.878. The van der Waals surface area contributed by atoms with Crippen molar-refractivity contribution in [1.82, 2.24) is 23.9 Å². The maximum atomic E-state index is 15.5. The molecule has 50 heavy (non-hydrogen) atoms. The number of likely N-dealkylation sites (N-methyl/N-ethyl adjacent to an activating group) is 1. The number of piperazine rings is 1. The van der Waals surface area contributed by atoms with E-state index in [1.54, 1.807) is 50.2 Å². The Bertz CT molecular complexity index is 1840. The fourth-order valence-electron chi connectivity index (χ4n) is 5.82. The maximum absolute atomic E-state index is 15.5. The van der Waals surface area contributed by atoms with E-state index in [1.165, 1.54) is 30.0 Å². The van der Waals surface area contributed by atoms with Crippen LogP contribution < -0.4 is 4.74 Å². The Morgan fingerprint density at radius 3 is 2.00 bits per heavy atom. The highest BCUT2D eigenvalue weighted by atomic mass is 35.5. The molecule has 0 bridgehead atoms. The quantitative estimate of drug-likeness (QED) is 0.282. The van der Waals surface area contributed by atoms with Crippen LogP contribution in [-0.2, 0) is 14.8 Å². The first-order valence-corrected chi connectivity index (χ1v) is 17.9. The van der Waals surface area contributed by atoms with Gasteiger partial charge in [-0.3, -0.25) is 19.6 Å². The summed E-state index contributed by atoms with van der Waals surface area (Å²) >= 11 is 12.5. The van der Waals surface area contributed by atoms with Gasteiger partial charge in [-0.15, -0.1) is 12.4 Å². The Kier molecular flexibility index (Phi) is 12.8. The number of nitrogens with zero attached hydrogens (tertiary/aromatic N) is 6. The van der Waals surface area contributed by atoms with E-state index in [0.717, 1.165) is 15.9 Å². The highest BCUT2D eigenvalue weighted by molar-refractivity contribution is 7.89. The van der Waals surface area contributed by atoms with Crippen molar-refractivity contribution >= 4 is 63.4 Å². The molecule has 0 aromatic heterocycles. The Hall–Kier alpha value is -3.46. The summed E-state index contributed by atoms with van der Waals surface area (Å²) in [5.41, 5.74) is 1.60. The SMILES string of the molecule is CCOc1cc(F)c(S(=O)(=O)N(C)C)cc1C1=N[C@@H](c2ccc(Cl)cc2)[C@@H](c2ccc(Cl)cc2)N1C(=O)N1CCN(CC(=O)N(C)C)CC1.Cl. The van der Waals surface area contributed by atoms with Crippen molar-refractivity contribution in [3.63, 3.8) is 0 Å². The molecule has 0 N–H and O–H groups in total. The normalized spacial score (nSPS) is 18.1. The van der Waals surface area contributed by atoms with E-state index in [4.69, 9.17) is 32.9 Å². The lowest BCUT2D eigenvalue weighted by atomic mass is 9.93. The zero-order chi connectivity index (χ0) is 35.6. The van der Waals surface area contributed by atoms with Gasteiger partial charge in [0.25, 0.3) is 0 Å². The van der Waals surface area contributed by atoms with Crippen molar-refractivity contribution in [1.29, 1.82) is 0 Å². The summed E-state index contributed by atoms with van der Waals surface area (Å²) < 4.78 is 48.9. The number of hydrogen-bond acceptors (Lipinski definition) is 7. The van der Waals surface area contributed by atoms with Gasteiger partial charge in [0.1, 0.15) is 28.3 Å². The van der Waals surface area contributed by atoms with Gasteiger partial charge in [0.05, 0.1) is 24.8 Å². The molecule has 16 heteroatoms. The van der Waals surface area contributed by atoms with Crippen LogP contribution in [0, 0.1) is 5.82 Å². The van der Waals surface area contributed by atoms with Gasteiger partial charge < -0.3 is 14.5 Å². The lowest BCUT2D eigenvalue weighted by Gasteiger charge is -2.39. The van der Waals surface area contributed by atoms with Crippen LogP contribution in [-0.4, -0.2) is 118 Å². The molecule has 0 radical (unpaired) electrons. The number of amidine groups is 1. The molecule has 3 aromatic rings. The van der Waals surface area contributed by atoms with E-state index in [0.29, 0.717) is 41.8 Å². The minimum atomic E-state index is -4.24. The summed E-state index contributed by atoms with van der Waals surface area (Å²) in [4.78, 5) is 38.4. The van der Waals surface area contributed by atoms with Crippen molar-refractivity contribution in [3.8, 4) is 5.75 Å². The molecule has 0 unspecified atom stereocenters. The third kappa shape index (κ3) is 8.19. The molecule has 11 nitrogen and oxygen atoms in total. The number of hydrogen-bond donors (Lipinski definition) is 0. The first kappa shape index (κ1) is 39.3. The van der Waals surface area contributed by atoms with Crippen LogP contribution in [0.3, 0.4) is 0 Å². The van der Waals surface area contributed by atoms with Crippen LogP contribution in [0.15, 0.2) is 70.6 Å². The summed E-state index contributed by atoms with van der Waals surface area (Å²) in [6.45, 7) is 3.66. The number of carbonyl (C=O) groups is 2. The number of amides is 3. The van der Waals surface area contributed by atoms with Gasteiger partial charge >= 0.3 is 6.03 Å². The van der Waals surface area contributed by atoms with Gasteiger partial charge in [-0.2, -0.15) is 0 Å². The number of carbonyl (C=O) groups excluding carboxylic acids is 2. The number of sulfonamides is 1. The second kappa shape index (κ2) is 16.3. The number of rotatable bonds is 9. The molecular weight excluding hydrogens is 730 g/mol. The summed E-state index contributed by atoms with van der Waals surface area (Å²) in [6.07, 6.45) is 0. The minimum absolute atomic E-state index is 0. The lowest BCUT2D eigenvalue weighted by molar-refractivity contribution is -0.130. The van der Waals surface area contributed by atoms with Crippen LogP contribution in [0.1, 0.15) is 35.7 Å². The minimum Gasteiger partial charge on any atom is -0.493 e. The van der Waals surface area contributed by atoms with Crippen LogP contribution in [0.25, 0.3) is 0 Å². The lowest BCUT2D eigenvalue weighted by Crippen LogP contribution is -2.55. The molecule has 1 fully saturated rings. The van der Waals surface area contributed by atoms with Crippen molar-refractivity contribution in [2.45, 2.75) is 23.9 Å². The maximum Gasteiger partial charge on any atom is 0.326 e. The number of urea groups is 1. The number of benzene rings is 3. The van der Waals surface area contributed by atoms with Gasteiger partial charge in [-0.25, -0.2) is 21.9 Å². The van der Waals surface area contributed by atoms with Crippen molar-refractivity contribution in [2.75, 3.05) is 67.5 Å².